The molecule has 0 fully saturated rings. The number of carbonyl (C=O) groups is 2. The van der Waals surface area contributed by atoms with E-state index in [1.807, 2.05) is 0 Å². The van der Waals surface area contributed by atoms with Gasteiger partial charge in [0.05, 0.1) is 0 Å². The molecule has 0 atom stereocenters. The molecule has 0 unspecified atom stereocenters. The molecule has 7 heteroatoms. The molecule has 14 heavy (non-hydrogen) atoms. The van der Waals surface area contributed by atoms with Crippen molar-refractivity contribution in [3.05, 3.63) is 0 Å². The predicted molar refractivity (Wildman–Crippen MR) is 36.7 cm³/mol. The van der Waals surface area contributed by atoms with Crippen LogP contribution in [0.25, 0.3) is 0 Å². The van der Waals surface area contributed by atoms with Crippen LogP contribution in [0, 0.1) is 0 Å². The molecule has 0 N–H and O–H groups in total. The van der Waals surface area contributed by atoms with Crippen LogP contribution in [0.4, 0.5) is 0 Å². The Morgan fingerprint density at radius 2 is 1.29 bits per heavy atom. The van der Waals surface area contributed by atoms with Crippen molar-refractivity contribution >= 4 is 11.9 Å². The van der Waals surface area contributed by atoms with Gasteiger partial charge in [-0.3, -0.25) is 0 Å². The zero-order valence-corrected chi connectivity index (χ0v) is 12.9. The molecular formula is C7H11NNa2O4. The van der Waals surface area contributed by atoms with Crippen molar-refractivity contribution in [2.75, 3.05) is 20.1 Å². The standard InChI is InChI=1S/C7H13NO4.2Na/c1-8(4-2-6(9)10)5-3-7(11)12;;/h2-5H2,1H3,(H,9,10)(H,11,12);;/q;2*+1/p-2. The second-order valence-electron chi connectivity index (χ2n) is 2.55. The maximum Gasteiger partial charge on any atom is 1.00 e. The second kappa shape index (κ2) is 12.0. The van der Waals surface area contributed by atoms with Crippen LogP contribution in [-0.4, -0.2) is 37.0 Å². The summed E-state index contributed by atoms with van der Waals surface area (Å²) in [4.78, 5) is 21.6. The van der Waals surface area contributed by atoms with Crippen LogP contribution in [0.2, 0.25) is 0 Å². The molecule has 0 spiro atoms. The van der Waals surface area contributed by atoms with Crippen LogP contribution in [0.5, 0.6) is 0 Å². The van der Waals surface area contributed by atoms with E-state index in [2.05, 4.69) is 0 Å². The number of carboxylic acids is 2. The molecular weight excluding hydrogens is 208 g/mol. The summed E-state index contributed by atoms with van der Waals surface area (Å²) in [7, 11) is 1.64. The molecule has 0 aromatic rings. The van der Waals surface area contributed by atoms with E-state index in [1.54, 1.807) is 11.9 Å². The summed E-state index contributed by atoms with van der Waals surface area (Å²) in [5.41, 5.74) is 0. The largest absolute Gasteiger partial charge is 1.00 e. The van der Waals surface area contributed by atoms with E-state index in [1.165, 1.54) is 0 Å². The maximum atomic E-state index is 9.98. The summed E-state index contributed by atoms with van der Waals surface area (Å²) in [5.74, 6) is -2.26. The van der Waals surface area contributed by atoms with Crippen molar-refractivity contribution in [2.24, 2.45) is 0 Å². The summed E-state index contributed by atoms with van der Waals surface area (Å²) in [6, 6.07) is 0. The molecule has 0 radical (unpaired) electrons. The first-order chi connectivity index (χ1) is 5.52. The smallest absolute Gasteiger partial charge is 0.550 e. The molecule has 0 bridgehead atoms. The molecule has 0 aromatic carbocycles. The molecule has 0 aromatic heterocycles. The van der Waals surface area contributed by atoms with Gasteiger partial charge in [-0.2, -0.15) is 0 Å². The van der Waals surface area contributed by atoms with Crippen molar-refractivity contribution in [3.63, 3.8) is 0 Å². The van der Waals surface area contributed by atoms with Crippen LogP contribution in [0.1, 0.15) is 12.8 Å². The average molecular weight is 219 g/mol. The Morgan fingerprint density at radius 1 is 1.00 bits per heavy atom. The minimum absolute atomic E-state index is 0. The quantitative estimate of drug-likeness (QED) is 0.414. The number of nitrogens with zero attached hydrogens (tertiary/aromatic N) is 1. The summed E-state index contributed by atoms with van der Waals surface area (Å²) in [5, 5.41) is 20.0. The van der Waals surface area contributed by atoms with Crippen LogP contribution in [0.15, 0.2) is 0 Å². The SMILES string of the molecule is CN(CCC(=O)[O-])CCC(=O)[O-].[Na+].[Na+]. The van der Waals surface area contributed by atoms with Gasteiger partial charge in [0.1, 0.15) is 0 Å². The van der Waals surface area contributed by atoms with Gasteiger partial charge in [-0.1, -0.05) is 0 Å². The average Bonchev–Trinajstić information content (AvgIpc) is 1.96. The van der Waals surface area contributed by atoms with Gasteiger partial charge in [-0.25, -0.2) is 0 Å². The van der Waals surface area contributed by atoms with Crippen molar-refractivity contribution in [3.8, 4) is 0 Å². The van der Waals surface area contributed by atoms with Gasteiger partial charge in [0.25, 0.3) is 0 Å². The van der Waals surface area contributed by atoms with E-state index in [0.717, 1.165) is 0 Å². The Morgan fingerprint density at radius 3 is 1.50 bits per heavy atom. The summed E-state index contributed by atoms with van der Waals surface area (Å²) >= 11 is 0. The molecule has 0 aliphatic heterocycles. The van der Waals surface area contributed by atoms with E-state index in [4.69, 9.17) is 0 Å². The van der Waals surface area contributed by atoms with E-state index < -0.39 is 11.9 Å². The number of rotatable bonds is 6. The fraction of sp³-hybridized carbons (Fsp3) is 0.714. The Kier molecular flexibility index (Phi) is 17.4. The molecule has 0 heterocycles. The minimum Gasteiger partial charge on any atom is -0.550 e. The fourth-order valence-corrected chi connectivity index (χ4v) is 0.676. The van der Waals surface area contributed by atoms with E-state index in [0.29, 0.717) is 13.1 Å². The zero-order valence-electron chi connectivity index (χ0n) is 8.91. The van der Waals surface area contributed by atoms with Gasteiger partial charge >= 0.3 is 59.1 Å². The zero-order chi connectivity index (χ0) is 9.56. The summed E-state index contributed by atoms with van der Waals surface area (Å²) in [6.45, 7) is 0.602. The number of hydrogen-bond donors (Lipinski definition) is 0. The monoisotopic (exact) mass is 219 g/mol. The van der Waals surface area contributed by atoms with Gasteiger partial charge in [-0.05, 0) is 19.9 Å². The Balaban J connectivity index is -0.000000605. The number of carboxylic acid groups (broad SMARTS) is 2. The molecule has 0 amide bonds. The van der Waals surface area contributed by atoms with Crippen LogP contribution in [-0.2, 0) is 9.59 Å². The molecule has 0 aliphatic rings. The number of carbonyl (C=O) groups excluding carboxylic acids is 2. The third-order valence-electron chi connectivity index (χ3n) is 1.40. The number of aliphatic carboxylic acids is 2. The molecule has 70 valence electrons. The molecule has 5 nitrogen and oxygen atoms in total. The molecule has 0 aliphatic carbocycles. The fourth-order valence-electron chi connectivity index (χ4n) is 0.676. The Hall–Kier alpha value is 0.900. The molecule has 0 rings (SSSR count). The van der Waals surface area contributed by atoms with Crippen LogP contribution < -0.4 is 69.3 Å². The molecule has 0 saturated heterocycles. The van der Waals surface area contributed by atoms with Crippen molar-refractivity contribution in [2.45, 2.75) is 12.8 Å². The van der Waals surface area contributed by atoms with Crippen molar-refractivity contribution < 1.29 is 78.9 Å². The van der Waals surface area contributed by atoms with Gasteiger partial charge in [0.2, 0.25) is 0 Å². The van der Waals surface area contributed by atoms with E-state index in [9.17, 15) is 19.8 Å². The topological polar surface area (TPSA) is 83.5 Å². The molecule has 0 saturated carbocycles. The van der Waals surface area contributed by atoms with Crippen molar-refractivity contribution in [1.82, 2.24) is 4.90 Å². The van der Waals surface area contributed by atoms with E-state index in [-0.39, 0.29) is 72.0 Å². The first-order valence-corrected chi connectivity index (χ1v) is 3.60. The summed E-state index contributed by atoms with van der Waals surface area (Å²) < 4.78 is 0. The maximum absolute atomic E-state index is 9.98. The summed E-state index contributed by atoms with van der Waals surface area (Å²) in [6.07, 6.45) is -0.160. The van der Waals surface area contributed by atoms with Gasteiger partial charge in [0, 0.05) is 25.0 Å². The third-order valence-corrected chi connectivity index (χ3v) is 1.40. The minimum atomic E-state index is -1.13. The van der Waals surface area contributed by atoms with Crippen LogP contribution in [0.3, 0.4) is 0 Å². The van der Waals surface area contributed by atoms with Crippen LogP contribution >= 0.6 is 0 Å². The predicted octanol–water partition coefficient (Wildman–Crippen LogP) is -8.79. The normalized spacial score (nSPS) is 8.71. The first-order valence-electron chi connectivity index (χ1n) is 3.60. The van der Waals surface area contributed by atoms with Gasteiger partial charge in [-0.15, -0.1) is 0 Å². The Bertz CT molecular complexity index is 159. The van der Waals surface area contributed by atoms with E-state index >= 15 is 0 Å². The van der Waals surface area contributed by atoms with Gasteiger partial charge in [0.15, 0.2) is 0 Å². The third kappa shape index (κ3) is 15.4. The Labute approximate surface area is 127 Å². The number of hydrogen-bond acceptors (Lipinski definition) is 5. The van der Waals surface area contributed by atoms with Gasteiger partial charge < -0.3 is 24.7 Å². The first kappa shape index (κ1) is 20.3. The second-order valence-corrected chi connectivity index (χ2v) is 2.55. The van der Waals surface area contributed by atoms with Crippen molar-refractivity contribution in [1.29, 1.82) is 0 Å².